The average molecular weight is 237 g/mol. The first-order valence-corrected chi connectivity index (χ1v) is 5.57. The molecule has 0 aliphatic carbocycles. The second kappa shape index (κ2) is 4.30. The lowest BCUT2D eigenvalue weighted by Crippen LogP contribution is -2.34. The highest BCUT2D eigenvalue weighted by Crippen LogP contribution is 2.26. The summed E-state index contributed by atoms with van der Waals surface area (Å²) in [4.78, 5) is 11.3. The number of ketones is 1. The molecule has 2 rings (SSSR count). The first-order chi connectivity index (χ1) is 7.57. The Morgan fingerprint density at radius 1 is 1.38 bits per heavy atom. The van der Waals surface area contributed by atoms with Crippen molar-refractivity contribution in [1.29, 1.82) is 0 Å². The minimum absolute atomic E-state index is 0.114. The summed E-state index contributed by atoms with van der Waals surface area (Å²) < 4.78 is 5.54. The van der Waals surface area contributed by atoms with Gasteiger partial charge in [0.05, 0.1) is 12.7 Å². The molecule has 0 radical (unpaired) electrons. The van der Waals surface area contributed by atoms with Crippen molar-refractivity contribution in [3.05, 3.63) is 47.2 Å². The van der Waals surface area contributed by atoms with E-state index in [1.807, 2.05) is 31.2 Å². The first kappa shape index (κ1) is 11.2. The third-order valence-corrected chi connectivity index (χ3v) is 2.90. The summed E-state index contributed by atoms with van der Waals surface area (Å²) in [5.74, 6) is 0.114. The minimum Gasteiger partial charge on any atom is -0.494 e. The van der Waals surface area contributed by atoms with Crippen molar-refractivity contribution in [2.45, 2.75) is 25.4 Å². The van der Waals surface area contributed by atoms with Crippen LogP contribution in [0.5, 0.6) is 0 Å². The maximum Gasteiger partial charge on any atom is 0.162 e. The van der Waals surface area contributed by atoms with Crippen LogP contribution in [0, 0.1) is 0 Å². The predicted molar refractivity (Wildman–Crippen MR) is 63.4 cm³/mol. The Kier molecular flexibility index (Phi) is 3.01. The molecule has 2 nitrogen and oxygen atoms in total. The monoisotopic (exact) mass is 236 g/mol. The first-order valence-electron chi connectivity index (χ1n) is 5.19. The van der Waals surface area contributed by atoms with Crippen molar-refractivity contribution in [3.63, 3.8) is 0 Å². The molecule has 0 amide bonds. The molecule has 1 unspecified atom stereocenters. The van der Waals surface area contributed by atoms with E-state index in [0.717, 1.165) is 10.6 Å². The van der Waals surface area contributed by atoms with Crippen LogP contribution in [-0.2, 0) is 16.0 Å². The molecule has 0 saturated heterocycles. The zero-order valence-electron chi connectivity index (χ0n) is 9.07. The molecular formula is C13H13ClO2. The molecule has 0 saturated carbocycles. The molecular weight excluding hydrogens is 224 g/mol. The molecule has 0 aromatic heterocycles. The van der Waals surface area contributed by atoms with E-state index in [1.54, 1.807) is 0 Å². The Morgan fingerprint density at radius 2 is 2.06 bits per heavy atom. The number of hydrogen-bond acceptors (Lipinski definition) is 2. The standard InChI is InChI=1S/C13H13ClO2/c1-13(9-12(15)6-7-16-13)8-10-2-4-11(14)5-3-10/h2-7H,8-9H2,1H3. The Hall–Kier alpha value is -1.28. The maximum absolute atomic E-state index is 11.3. The SMILES string of the molecule is CC1(Cc2ccc(Cl)cc2)CC(=O)C=CO1. The highest BCUT2D eigenvalue weighted by Gasteiger charge is 2.30. The zero-order valence-corrected chi connectivity index (χ0v) is 9.83. The van der Waals surface area contributed by atoms with Crippen LogP contribution in [0.2, 0.25) is 5.02 Å². The molecule has 3 heteroatoms. The summed E-state index contributed by atoms with van der Waals surface area (Å²) in [6, 6.07) is 7.61. The number of carbonyl (C=O) groups is 1. The molecule has 0 bridgehead atoms. The van der Waals surface area contributed by atoms with Gasteiger partial charge in [0, 0.05) is 17.5 Å². The summed E-state index contributed by atoms with van der Waals surface area (Å²) in [6.07, 6.45) is 4.09. The summed E-state index contributed by atoms with van der Waals surface area (Å²) in [5.41, 5.74) is 0.689. The van der Waals surface area contributed by atoms with Crippen LogP contribution < -0.4 is 0 Å². The van der Waals surface area contributed by atoms with E-state index < -0.39 is 5.60 Å². The number of hydrogen-bond donors (Lipinski definition) is 0. The second-order valence-corrected chi connectivity index (χ2v) is 4.75. The van der Waals surface area contributed by atoms with Crippen LogP contribution in [0.3, 0.4) is 0 Å². The predicted octanol–water partition coefficient (Wildman–Crippen LogP) is 3.14. The molecule has 1 aliphatic rings. The largest absolute Gasteiger partial charge is 0.494 e. The van der Waals surface area contributed by atoms with Crippen molar-refractivity contribution in [2.24, 2.45) is 0 Å². The van der Waals surface area contributed by atoms with Crippen LogP contribution in [-0.4, -0.2) is 11.4 Å². The van der Waals surface area contributed by atoms with E-state index in [-0.39, 0.29) is 5.78 Å². The van der Waals surface area contributed by atoms with Gasteiger partial charge in [-0.2, -0.15) is 0 Å². The van der Waals surface area contributed by atoms with Gasteiger partial charge in [-0.1, -0.05) is 23.7 Å². The molecule has 0 spiro atoms. The summed E-state index contributed by atoms with van der Waals surface area (Å²) in [7, 11) is 0. The van der Waals surface area contributed by atoms with E-state index in [2.05, 4.69) is 0 Å². The minimum atomic E-state index is -0.431. The lowest BCUT2D eigenvalue weighted by atomic mass is 9.90. The van der Waals surface area contributed by atoms with Crippen molar-refractivity contribution in [1.82, 2.24) is 0 Å². The van der Waals surface area contributed by atoms with Crippen LogP contribution in [0.4, 0.5) is 0 Å². The van der Waals surface area contributed by atoms with Gasteiger partial charge < -0.3 is 4.74 Å². The average Bonchev–Trinajstić information content (AvgIpc) is 2.21. The smallest absolute Gasteiger partial charge is 0.162 e. The molecule has 1 aromatic rings. The normalized spacial score (nSPS) is 24.2. The topological polar surface area (TPSA) is 26.3 Å². The number of halogens is 1. The fourth-order valence-electron chi connectivity index (χ4n) is 1.88. The Labute approximate surface area is 99.9 Å². The van der Waals surface area contributed by atoms with Gasteiger partial charge in [-0.05, 0) is 24.6 Å². The number of allylic oxidation sites excluding steroid dienone is 1. The molecule has 0 fully saturated rings. The third kappa shape index (κ3) is 2.64. The van der Waals surface area contributed by atoms with Gasteiger partial charge in [0.25, 0.3) is 0 Å². The van der Waals surface area contributed by atoms with E-state index in [1.165, 1.54) is 12.3 Å². The van der Waals surface area contributed by atoms with Crippen LogP contribution in [0.15, 0.2) is 36.6 Å². The number of carbonyl (C=O) groups excluding carboxylic acids is 1. The van der Waals surface area contributed by atoms with Gasteiger partial charge in [0.15, 0.2) is 5.78 Å². The summed E-state index contributed by atoms with van der Waals surface area (Å²) in [6.45, 7) is 1.95. The Bertz CT molecular complexity index is 422. The lowest BCUT2D eigenvalue weighted by Gasteiger charge is -2.30. The zero-order chi connectivity index (χ0) is 11.6. The fourth-order valence-corrected chi connectivity index (χ4v) is 2.01. The second-order valence-electron chi connectivity index (χ2n) is 4.32. The van der Waals surface area contributed by atoms with Crippen LogP contribution in [0.1, 0.15) is 18.9 Å². The Balaban J connectivity index is 2.12. The molecule has 1 heterocycles. The van der Waals surface area contributed by atoms with Gasteiger partial charge in [-0.25, -0.2) is 0 Å². The Morgan fingerprint density at radius 3 is 2.69 bits per heavy atom. The number of ether oxygens (including phenoxy) is 1. The fraction of sp³-hybridized carbons (Fsp3) is 0.308. The number of rotatable bonds is 2. The quantitative estimate of drug-likeness (QED) is 0.789. The molecule has 16 heavy (non-hydrogen) atoms. The van der Waals surface area contributed by atoms with Crippen LogP contribution in [0.25, 0.3) is 0 Å². The molecule has 84 valence electrons. The van der Waals surface area contributed by atoms with Crippen molar-refractivity contribution >= 4 is 17.4 Å². The third-order valence-electron chi connectivity index (χ3n) is 2.65. The van der Waals surface area contributed by atoms with Crippen molar-refractivity contribution in [2.75, 3.05) is 0 Å². The van der Waals surface area contributed by atoms with E-state index in [4.69, 9.17) is 16.3 Å². The molecule has 1 aromatic carbocycles. The van der Waals surface area contributed by atoms with Gasteiger partial charge in [-0.3, -0.25) is 4.79 Å². The van der Waals surface area contributed by atoms with E-state index in [9.17, 15) is 4.79 Å². The number of benzene rings is 1. The maximum atomic E-state index is 11.3. The molecule has 1 atom stereocenters. The highest BCUT2D eigenvalue weighted by atomic mass is 35.5. The van der Waals surface area contributed by atoms with Gasteiger partial charge in [0.1, 0.15) is 5.60 Å². The molecule has 1 aliphatic heterocycles. The van der Waals surface area contributed by atoms with Crippen molar-refractivity contribution in [3.8, 4) is 0 Å². The summed E-state index contributed by atoms with van der Waals surface area (Å²) in [5, 5.41) is 0.717. The lowest BCUT2D eigenvalue weighted by molar-refractivity contribution is -0.121. The van der Waals surface area contributed by atoms with Gasteiger partial charge in [0.2, 0.25) is 0 Å². The highest BCUT2D eigenvalue weighted by molar-refractivity contribution is 6.30. The summed E-state index contributed by atoms with van der Waals surface area (Å²) >= 11 is 5.82. The van der Waals surface area contributed by atoms with E-state index in [0.29, 0.717) is 12.8 Å². The van der Waals surface area contributed by atoms with Gasteiger partial charge in [-0.15, -0.1) is 0 Å². The van der Waals surface area contributed by atoms with Crippen molar-refractivity contribution < 1.29 is 9.53 Å². The molecule has 0 N–H and O–H groups in total. The van der Waals surface area contributed by atoms with E-state index >= 15 is 0 Å². The van der Waals surface area contributed by atoms with Gasteiger partial charge >= 0.3 is 0 Å². The van der Waals surface area contributed by atoms with Crippen LogP contribution >= 0.6 is 11.6 Å².